The Morgan fingerprint density at radius 1 is 0.446 bits per heavy atom. The molecule has 0 bridgehead atoms. The van der Waals surface area contributed by atoms with E-state index in [2.05, 4.69) is 62.5 Å². The fourth-order valence-corrected chi connectivity index (χ4v) is 8.81. The van der Waals surface area contributed by atoms with Crippen LogP contribution in [0.2, 0.25) is 0 Å². The molecule has 382 valence electrons. The minimum Gasteiger partial charge on any atom is -0.462 e. The molecule has 0 heterocycles. The van der Waals surface area contributed by atoms with Crippen LogP contribution in [0.1, 0.15) is 303 Å². The number of amides is 1. The Balaban J connectivity index is 4.53. The molecule has 65 heavy (non-hydrogen) atoms. The number of esters is 1. The standard InChI is InChI=1S/C59H111NO5/c1-4-7-10-13-16-19-22-24-26-28-29-31-33-35-37-40-43-46-49-52-59(64)65-55(50-47-44-41-38-36-34-32-30-27-25-23-20-17-14-11-8-5-2)53-58(63)60-56(54-61)57(62)51-48-45-42-39-21-18-15-12-9-6-3/h17,20,24-27,55-57,61-62H,4-16,18-19,21-23,28-54H2,1-3H3,(H,60,63)/b20-17-,26-24+,27-25-. The van der Waals surface area contributed by atoms with Gasteiger partial charge < -0.3 is 20.3 Å². The van der Waals surface area contributed by atoms with E-state index in [4.69, 9.17) is 4.74 Å². The number of carbonyl (C=O) groups is 2. The Kier molecular flexibility index (Phi) is 51.5. The molecule has 0 saturated heterocycles. The number of nitrogens with one attached hydrogen (secondary N) is 1. The average Bonchev–Trinajstić information content (AvgIpc) is 3.30. The fraction of sp³-hybridized carbons (Fsp3) is 0.864. The first kappa shape index (κ1) is 63.1. The van der Waals surface area contributed by atoms with E-state index in [9.17, 15) is 19.8 Å². The van der Waals surface area contributed by atoms with Gasteiger partial charge >= 0.3 is 5.97 Å². The van der Waals surface area contributed by atoms with E-state index in [-0.39, 0.29) is 24.9 Å². The van der Waals surface area contributed by atoms with Gasteiger partial charge in [0.1, 0.15) is 6.10 Å². The lowest BCUT2D eigenvalue weighted by atomic mass is 10.0. The molecule has 0 aliphatic heterocycles. The summed E-state index contributed by atoms with van der Waals surface area (Å²) >= 11 is 0. The van der Waals surface area contributed by atoms with Crippen LogP contribution in [0.25, 0.3) is 0 Å². The van der Waals surface area contributed by atoms with Crippen molar-refractivity contribution in [2.75, 3.05) is 6.61 Å². The topological polar surface area (TPSA) is 95.9 Å². The van der Waals surface area contributed by atoms with Crippen molar-refractivity contribution in [2.24, 2.45) is 0 Å². The quantitative estimate of drug-likeness (QED) is 0.0321. The largest absolute Gasteiger partial charge is 0.462 e. The van der Waals surface area contributed by atoms with Gasteiger partial charge in [-0.25, -0.2) is 0 Å². The molecule has 0 aliphatic rings. The predicted molar refractivity (Wildman–Crippen MR) is 282 cm³/mol. The minimum absolute atomic E-state index is 0.0743. The normalized spacial score (nSPS) is 13.4. The van der Waals surface area contributed by atoms with Gasteiger partial charge in [-0.15, -0.1) is 0 Å². The van der Waals surface area contributed by atoms with Crippen molar-refractivity contribution < 1.29 is 24.5 Å². The summed E-state index contributed by atoms with van der Waals surface area (Å²) in [5, 5.41) is 23.8. The summed E-state index contributed by atoms with van der Waals surface area (Å²) in [7, 11) is 0. The molecular weight excluding hydrogens is 803 g/mol. The maximum Gasteiger partial charge on any atom is 0.306 e. The number of aliphatic hydroxyl groups excluding tert-OH is 2. The first-order chi connectivity index (χ1) is 32.0. The maximum atomic E-state index is 13.2. The predicted octanol–water partition coefficient (Wildman–Crippen LogP) is 17.6. The van der Waals surface area contributed by atoms with Crippen LogP contribution in [-0.2, 0) is 14.3 Å². The second-order valence-corrected chi connectivity index (χ2v) is 19.7. The molecule has 3 unspecified atom stereocenters. The Morgan fingerprint density at radius 3 is 1.22 bits per heavy atom. The number of allylic oxidation sites excluding steroid dienone is 6. The molecular formula is C59H111NO5. The highest BCUT2D eigenvalue weighted by molar-refractivity contribution is 5.77. The van der Waals surface area contributed by atoms with E-state index in [1.54, 1.807) is 0 Å². The SMILES string of the molecule is CCCCC/C=C\C/C=C\CCCCCCCCCC(CC(=O)NC(CO)C(O)CCCCCCCCCCCC)OC(=O)CCCCCCCCCCC/C=C/CCCCCCCC. The number of hydrogen-bond donors (Lipinski definition) is 3. The van der Waals surface area contributed by atoms with Crippen LogP contribution in [-0.4, -0.2) is 46.9 Å². The van der Waals surface area contributed by atoms with E-state index in [0.29, 0.717) is 19.3 Å². The summed E-state index contributed by atoms with van der Waals surface area (Å²) in [4.78, 5) is 26.3. The lowest BCUT2D eigenvalue weighted by Crippen LogP contribution is -2.46. The number of rotatable bonds is 52. The molecule has 0 spiro atoms. The average molecular weight is 915 g/mol. The van der Waals surface area contributed by atoms with Crippen LogP contribution in [0.3, 0.4) is 0 Å². The van der Waals surface area contributed by atoms with Crippen LogP contribution in [0.5, 0.6) is 0 Å². The van der Waals surface area contributed by atoms with Crippen molar-refractivity contribution in [3.8, 4) is 0 Å². The third kappa shape index (κ3) is 48.3. The zero-order valence-corrected chi connectivity index (χ0v) is 43.6. The van der Waals surface area contributed by atoms with Gasteiger partial charge in [-0.1, -0.05) is 243 Å². The van der Waals surface area contributed by atoms with Crippen molar-refractivity contribution in [3.05, 3.63) is 36.5 Å². The van der Waals surface area contributed by atoms with Crippen molar-refractivity contribution in [1.29, 1.82) is 0 Å². The van der Waals surface area contributed by atoms with E-state index >= 15 is 0 Å². The number of hydrogen-bond acceptors (Lipinski definition) is 5. The zero-order chi connectivity index (χ0) is 47.4. The molecule has 0 saturated carbocycles. The molecule has 0 aromatic heterocycles. The number of carbonyl (C=O) groups excluding carboxylic acids is 2. The summed E-state index contributed by atoms with van der Waals surface area (Å²) < 4.78 is 5.96. The Hall–Kier alpha value is -1.92. The van der Waals surface area contributed by atoms with Gasteiger partial charge in [-0.2, -0.15) is 0 Å². The van der Waals surface area contributed by atoms with Crippen molar-refractivity contribution in [2.45, 2.75) is 322 Å². The summed E-state index contributed by atoms with van der Waals surface area (Å²) in [6, 6.07) is -0.702. The highest BCUT2D eigenvalue weighted by Crippen LogP contribution is 2.18. The highest BCUT2D eigenvalue weighted by Gasteiger charge is 2.24. The van der Waals surface area contributed by atoms with Gasteiger partial charge in [0.25, 0.3) is 0 Å². The molecule has 0 aliphatic carbocycles. The van der Waals surface area contributed by atoms with Crippen LogP contribution in [0.4, 0.5) is 0 Å². The fourth-order valence-electron chi connectivity index (χ4n) is 8.81. The van der Waals surface area contributed by atoms with Crippen LogP contribution in [0, 0.1) is 0 Å². The third-order valence-electron chi connectivity index (χ3n) is 13.2. The van der Waals surface area contributed by atoms with E-state index in [0.717, 1.165) is 70.6 Å². The third-order valence-corrected chi connectivity index (χ3v) is 13.2. The molecule has 6 heteroatoms. The van der Waals surface area contributed by atoms with Crippen LogP contribution >= 0.6 is 0 Å². The van der Waals surface area contributed by atoms with Gasteiger partial charge in [0.2, 0.25) is 5.91 Å². The van der Waals surface area contributed by atoms with Crippen molar-refractivity contribution in [3.63, 3.8) is 0 Å². The van der Waals surface area contributed by atoms with E-state index in [1.165, 1.54) is 186 Å². The summed E-state index contributed by atoms with van der Waals surface area (Å²) in [5.41, 5.74) is 0. The molecule has 0 aromatic rings. The van der Waals surface area contributed by atoms with Gasteiger partial charge in [-0.05, 0) is 83.5 Å². The number of unbranched alkanes of at least 4 members (excludes halogenated alkanes) is 34. The number of aliphatic hydroxyl groups is 2. The van der Waals surface area contributed by atoms with Gasteiger partial charge in [0, 0.05) is 6.42 Å². The maximum absolute atomic E-state index is 13.2. The lowest BCUT2D eigenvalue weighted by Gasteiger charge is -2.24. The summed E-state index contributed by atoms with van der Waals surface area (Å²) in [6.45, 7) is 6.47. The van der Waals surface area contributed by atoms with Crippen molar-refractivity contribution in [1.82, 2.24) is 5.32 Å². The first-order valence-corrected chi connectivity index (χ1v) is 28.7. The second-order valence-electron chi connectivity index (χ2n) is 19.7. The smallest absolute Gasteiger partial charge is 0.306 e. The van der Waals surface area contributed by atoms with Crippen LogP contribution in [0.15, 0.2) is 36.5 Å². The molecule has 0 aromatic carbocycles. The monoisotopic (exact) mass is 914 g/mol. The molecule has 3 N–H and O–H groups in total. The van der Waals surface area contributed by atoms with Crippen molar-refractivity contribution >= 4 is 11.9 Å². The number of ether oxygens (including phenoxy) is 1. The second kappa shape index (κ2) is 53.0. The summed E-state index contributed by atoms with van der Waals surface area (Å²) in [5.74, 6) is -0.471. The molecule has 6 nitrogen and oxygen atoms in total. The first-order valence-electron chi connectivity index (χ1n) is 28.7. The lowest BCUT2D eigenvalue weighted by molar-refractivity contribution is -0.151. The van der Waals surface area contributed by atoms with E-state index < -0.39 is 18.2 Å². The zero-order valence-electron chi connectivity index (χ0n) is 43.6. The van der Waals surface area contributed by atoms with Gasteiger partial charge in [-0.3, -0.25) is 9.59 Å². The Morgan fingerprint density at radius 2 is 0.785 bits per heavy atom. The van der Waals surface area contributed by atoms with E-state index in [1.807, 2.05) is 0 Å². The molecule has 0 fully saturated rings. The highest BCUT2D eigenvalue weighted by atomic mass is 16.5. The molecule has 3 atom stereocenters. The van der Waals surface area contributed by atoms with Gasteiger partial charge in [0.05, 0.1) is 25.2 Å². The summed E-state index contributed by atoms with van der Waals surface area (Å²) in [6.07, 6.45) is 63.5. The molecule has 0 radical (unpaired) electrons. The van der Waals surface area contributed by atoms with Crippen LogP contribution < -0.4 is 5.32 Å². The minimum atomic E-state index is -0.788. The van der Waals surface area contributed by atoms with Gasteiger partial charge in [0.15, 0.2) is 0 Å². The Labute approximate surface area is 404 Å². The molecule has 1 amide bonds. The molecule has 0 rings (SSSR count). The Bertz CT molecular complexity index is 1070.